The first-order valence-electron chi connectivity index (χ1n) is 9.72. The summed E-state index contributed by atoms with van der Waals surface area (Å²) in [5.41, 5.74) is 10.6. The van der Waals surface area contributed by atoms with Crippen LogP contribution in [0.15, 0.2) is 17.3 Å². The monoisotopic (exact) mass is 345 g/mol. The Morgan fingerprint density at radius 1 is 1.21 bits per heavy atom. The van der Waals surface area contributed by atoms with E-state index in [9.17, 15) is 0 Å². The zero-order chi connectivity index (χ0) is 16.9. The summed E-state index contributed by atoms with van der Waals surface area (Å²) < 4.78 is 0. The number of hydrogen-bond donors (Lipinski definition) is 2. The number of nitrogens with zero attached hydrogens (tertiary/aromatic N) is 1. The number of allylic oxidation sites excluding steroid dienone is 2. The minimum Gasteiger partial charge on any atom is -0.375 e. The molecule has 4 heteroatoms. The molecule has 0 amide bonds. The van der Waals surface area contributed by atoms with Gasteiger partial charge in [-0.3, -0.25) is 5.43 Å². The van der Waals surface area contributed by atoms with Crippen LogP contribution in [0.25, 0.3) is 0 Å². The smallest absolute Gasteiger partial charge is 0.184 e. The van der Waals surface area contributed by atoms with Crippen LogP contribution in [0.3, 0.4) is 0 Å². The van der Waals surface area contributed by atoms with Crippen LogP contribution in [0.4, 0.5) is 0 Å². The van der Waals surface area contributed by atoms with E-state index in [4.69, 9.17) is 18.0 Å². The summed E-state index contributed by atoms with van der Waals surface area (Å²) in [5, 5.41) is 4.89. The van der Waals surface area contributed by atoms with Crippen LogP contribution in [0.1, 0.15) is 65.2 Å². The van der Waals surface area contributed by atoms with E-state index >= 15 is 0 Å². The van der Waals surface area contributed by atoms with Crippen LogP contribution in [-0.2, 0) is 0 Å². The number of thiocarbonyl (C=S) groups is 1. The first kappa shape index (κ1) is 16.6. The van der Waals surface area contributed by atoms with E-state index < -0.39 is 0 Å². The van der Waals surface area contributed by atoms with Gasteiger partial charge in [0.25, 0.3) is 0 Å². The molecule has 3 nitrogen and oxygen atoms in total. The Labute approximate surface area is 151 Å². The lowest BCUT2D eigenvalue weighted by Crippen LogP contribution is -2.52. The van der Waals surface area contributed by atoms with Gasteiger partial charge in [-0.05, 0) is 92.7 Å². The fourth-order valence-corrected chi connectivity index (χ4v) is 6.98. The minimum absolute atomic E-state index is 0.257. The van der Waals surface area contributed by atoms with Crippen molar-refractivity contribution in [2.45, 2.75) is 65.2 Å². The van der Waals surface area contributed by atoms with Gasteiger partial charge in [0.15, 0.2) is 5.11 Å². The fraction of sp³-hybridized carbons (Fsp3) is 0.800. The first-order chi connectivity index (χ1) is 11.4. The predicted molar refractivity (Wildman–Crippen MR) is 104 cm³/mol. The molecule has 3 fully saturated rings. The fourth-order valence-electron chi connectivity index (χ4n) is 6.93. The SMILES string of the molecule is C[C@]12CC=CC[C@@H]1CC[C@H]1[C@H]2CC[C@]2(C)/C(=N/NC(N)=S)CC[C@H]12. The van der Waals surface area contributed by atoms with Crippen molar-refractivity contribution in [3.63, 3.8) is 0 Å². The van der Waals surface area contributed by atoms with E-state index in [0.29, 0.717) is 5.41 Å². The number of rotatable bonds is 1. The molecule has 0 heterocycles. The highest BCUT2D eigenvalue weighted by Crippen LogP contribution is 2.64. The second-order valence-electron chi connectivity index (χ2n) is 9.10. The lowest BCUT2D eigenvalue weighted by atomic mass is 9.46. The van der Waals surface area contributed by atoms with E-state index in [-0.39, 0.29) is 10.5 Å². The van der Waals surface area contributed by atoms with E-state index in [0.717, 1.165) is 30.1 Å². The van der Waals surface area contributed by atoms with Gasteiger partial charge >= 0.3 is 0 Å². The molecule has 4 aliphatic carbocycles. The number of fused-ring (bicyclic) bond motifs is 5. The van der Waals surface area contributed by atoms with Gasteiger partial charge in [-0.2, -0.15) is 5.10 Å². The lowest BCUT2D eigenvalue weighted by molar-refractivity contribution is -0.0761. The van der Waals surface area contributed by atoms with Crippen molar-refractivity contribution in [3.8, 4) is 0 Å². The van der Waals surface area contributed by atoms with Crippen LogP contribution in [0.2, 0.25) is 0 Å². The number of nitrogens with one attached hydrogen (secondary N) is 1. The average Bonchev–Trinajstić information content (AvgIpc) is 2.89. The van der Waals surface area contributed by atoms with Gasteiger partial charge in [-0.15, -0.1) is 0 Å². The van der Waals surface area contributed by atoms with Gasteiger partial charge in [-0.25, -0.2) is 0 Å². The van der Waals surface area contributed by atoms with Crippen molar-refractivity contribution < 1.29 is 0 Å². The van der Waals surface area contributed by atoms with Crippen molar-refractivity contribution in [2.75, 3.05) is 0 Å². The molecule has 4 aliphatic rings. The molecule has 0 aliphatic heterocycles. The second kappa shape index (κ2) is 5.82. The third kappa shape index (κ3) is 2.36. The van der Waals surface area contributed by atoms with Gasteiger partial charge in [0, 0.05) is 11.1 Å². The summed E-state index contributed by atoms with van der Waals surface area (Å²) in [6.07, 6.45) is 15.4. The van der Waals surface area contributed by atoms with Gasteiger partial charge in [0.1, 0.15) is 0 Å². The largest absolute Gasteiger partial charge is 0.375 e. The first-order valence-corrected chi connectivity index (χ1v) is 10.1. The summed E-state index contributed by atoms with van der Waals surface area (Å²) >= 11 is 4.94. The Hall–Kier alpha value is -0.900. The highest BCUT2D eigenvalue weighted by Gasteiger charge is 2.58. The number of hydrogen-bond acceptors (Lipinski definition) is 2. The Morgan fingerprint density at radius 3 is 2.83 bits per heavy atom. The molecule has 24 heavy (non-hydrogen) atoms. The van der Waals surface area contributed by atoms with Crippen molar-refractivity contribution in [1.82, 2.24) is 5.43 Å². The Kier molecular flexibility index (Phi) is 4.02. The van der Waals surface area contributed by atoms with E-state index in [1.807, 2.05) is 0 Å². The van der Waals surface area contributed by atoms with Crippen molar-refractivity contribution in [3.05, 3.63) is 12.2 Å². The predicted octanol–water partition coefficient (Wildman–Crippen LogP) is 4.38. The topological polar surface area (TPSA) is 50.4 Å². The van der Waals surface area contributed by atoms with Gasteiger partial charge in [0.05, 0.1) is 0 Å². The van der Waals surface area contributed by atoms with Crippen molar-refractivity contribution >= 4 is 23.0 Å². The maximum atomic E-state index is 5.59. The molecule has 4 rings (SSSR count). The molecular weight excluding hydrogens is 314 g/mol. The maximum absolute atomic E-state index is 5.59. The van der Waals surface area contributed by atoms with Crippen LogP contribution in [0, 0.1) is 34.5 Å². The molecule has 132 valence electrons. The molecule has 3 saturated carbocycles. The van der Waals surface area contributed by atoms with Crippen molar-refractivity contribution in [1.29, 1.82) is 0 Å². The molecule has 0 unspecified atom stereocenters. The van der Waals surface area contributed by atoms with E-state index in [2.05, 4.69) is 36.5 Å². The molecule has 0 radical (unpaired) electrons. The third-order valence-electron chi connectivity index (χ3n) is 8.25. The summed E-state index contributed by atoms with van der Waals surface area (Å²) in [4.78, 5) is 0. The average molecular weight is 346 g/mol. The molecule has 0 bridgehead atoms. The van der Waals surface area contributed by atoms with E-state index in [1.54, 1.807) is 0 Å². The summed E-state index contributed by atoms with van der Waals surface area (Å²) in [6.45, 7) is 5.05. The lowest BCUT2D eigenvalue weighted by Gasteiger charge is -2.59. The normalized spacial score (nSPS) is 48.5. The maximum Gasteiger partial charge on any atom is 0.184 e. The Balaban J connectivity index is 1.60. The molecule has 0 aromatic heterocycles. The molecular formula is C20H31N3S. The zero-order valence-corrected chi connectivity index (χ0v) is 15.9. The van der Waals surface area contributed by atoms with Crippen LogP contribution in [-0.4, -0.2) is 10.8 Å². The van der Waals surface area contributed by atoms with Crippen LogP contribution < -0.4 is 11.2 Å². The number of nitrogens with two attached hydrogens (primary N) is 1. The van der Waals surface area contributed by atoms with Crippen LogP contribution in [0.5, 0.6) is 0 Å². The molecule has 0 saturated heterocycles. The van der Waals surface area contributed by atoms with Gasteiger partial charge < -0.3 is 5.73 Å². The minimum atomic E-state index is 0.257. The highest BCUT2D eigenvalue weighted by molar-refractivity contribution is 7.80. The highest BCUT2D eigenvalue weighted by atomic mass is 32.1. The van der Waals surface area contributed by atoms with Crippen molar-refractivity contribution in [2.24, 2.45) is 45.3 Å². The molecule has 0 aromatic rings. The number of hydrazone groups is 1. The quantitative estimate of drug-likeness (QED) is 0.421. The van der Waals surface area contributed by atoms with Gasteiger partial charge in [-0.1, -0.05) is 26.0 Å². The Morgan fingerprint density at radius 2 is 2.04 bits per heavy atom. The summed E-state index contributed by atoms with van der Waals surface area (Å²) in [7, 11) is 0. The van der Waals surface area contributed by atoms with Gasteiger partial charge in [0.2, 0.25) is 0 Å². The summed E-state index contributed by atoms with van der Waals surface area (Å²) in [5.74, 6) is 3.50. The molecule has 6 atom stereocenters. The molecule has 0 spiro atoms. The molecule has 0 aromatic carbocycles. The van der Waals surface area contributed by atoms with E-state index in [1.165, 1.54) is 50.7 Å². The Bertz CT molecular complexity index is 598. The third-order valence-corrected chi connectivity index (χ3v) is 8.34. The second-order valence-corrected chi connectivity index (χ2v) is 9.54. The van der Waals surface area contributed by atoms with Crippen LogP contribution >= 0.6 is 12.2 Å². The summed E-state index contributed by atoms with van der Waals surface area (Å²) in [6, 6.07) is 0. The zero-order valence-electron chi connectivity index (χ0n) is 15.1. The standard InChI is InChI=1S/C20H31N3S/c1-19-11-4-3-5-13(19)6-7-14-15-8-9-17(22-23-18(21)24)20(15,2)12-10-16(14)19/h3-4,13-16H,5-12H2,1-2H3,(H3,21,23,24)/b22-17+/t13-,14-,15-,16-,19+,20+/m1/s1. The molecule has 3 N–H and O–H groups in total.